The van der Waals surface area contributed by atoms with Crippen molar-refractivity contribution in [1.29, 1.82) is 0 Å². The van der Waals surface area contributed by atoms with Crippen LogP contribution in [0.1, 0.15) is 40.0 Å². The largest absolute Gasteiger partial charge is 0.354 e. The number of rotatable bonds is 6. The molecule has 1 aliphatic rings. The van der Waals surface area contributed by atoms with Crippen molar-refractivity contribution in [2.75, 3.05) is 6.54 Å². The first kappa shape index (κ1) is 11.5. The van der Waals surface area contributed by atoms with Gasteiger partial charge in [0, 0.05) is 25.0 Å². The van der Waals surface area contributed by atoms with Gasteiger partial charge in [-0.2, -0.15) is 0 Å². The summed E-state index contributed by atoms with van der Waals surface area (Å²) in [6.45, 7) is 7.01. The maximum Gasteiger partial charge on any atom is 0.221 e. The minimum atomic E-state index is 0.154. The number of carbonyl (C=O) groups excluding carboxylic acids is 1. The number of nitrogens with one attached hydrogen (secondary N) is 2. The number of amides is 1. The summed E-state index contributed by atoms with van der Waals surface area (Å²) < 4.78 is 0. The van der Waals surface area contributed by atoms with Crippen molar-refractivity contribution in [1.82, 2.24) is 10.6 Å². The lowest BCUT2D eigenvalue weighted by molar-refractivity contribution is -0.121. The maximum atomic E-state index is 11.3. The zero-order valence-corrected chi connectivity index (χ0v) is 9.47. The normalized spacial score (nSPS) is 25.1. The Hall–Kier alpha value is -0.570. The topological polar surface area (TPSA) is 41.1 Å². The lowest BCUT2D eigenvalue weighted by atomic mass is 10.3. The fraction of sp³-hybridized carbons (Fsp3) is 0.909. The van der Waals surface area contributed by atoms with Crippen molar-refractivity contribution >= 4 is 5.91 Å². The second-order valence-corrected chi connectivity index (χ2v) is 4.44. The van der Waals surface area contributed by atoms with Gasteiger partial charge in [-0.05, 0) is 26.2 Å². The van der Waals surface area contributed by atoms with E-state index in [0.717, 1.165) is 12.5 Å². The molecule has 0 aromatic rings. The van der Waals surface area contributed by atoms with Crippen molar-refractivity contribution in [3.63, 3.8) is 0 Å². The van der Waals surface area contributed by atoms with Crippen LogP contribution < -0.4 is 10.6 Å². The van der Waals surface area contributed by atoms with Gasteiger partial charge in [0.2, 0.25) is 5.91 Å². The summed E-state index contributed by atoms with van der Waals surface area (Å²) in [5, 5.41) is 6.28. The molecule has 1 saturated carbocycles. The van der Waals surface area contributed by atoms with Crippen LogP contribution in [0.15, 0.2) is 0 Å². The molecule has 0 aliphatic heterocycles. The van der Waals surface area contributed by atoms with Gasteiger partial charge in [-0.1, -0.05) is 13.3 Å². The molecule has 0 bridgehead atoms. The molecule has 82 valence electrons. The Balaban J connectivity index is 1.96. The van der Waals surface area contributed by atoms with Crippen molar-refractivity contribution in [3.8, 4) is 0 Å². The molecule has 1 amide bonds. The van der Waals surface area contributed by atoms with Gasteiger partial charge < -0.3 is 10.6 Å². The average Bonchev–Trinajstić information content (AvgIpc) is 2.82. The summed E-state index contributed by atoms with van der Waals surface area (Å²) in [4.78, 5) is 11.3. The Morgan fingerprint density at radius 2 is 2.21 bits per heavy atom. The highest BCUT2D eigenvalue weighted by Gasteiger charge is 2.34. The van der Waals surface area contributed by atoms with Gasteiger partial charge in [0.15, 0.2) is 0 Å². The van der Waals surface area contributed by atoms with Gasteiger partial charge in [0.1, 0.15) is 0 Å². The highest BCUT2D eigenvalue weighted by atomic mass is 16.1. The van der Waals surface area contributed by atoms with Crippen molar-refractivity contribution in [2.45, 2.75) is 52.1 Å². The van der Waals surface area contributed by atoms with Crippen LogP contribution in [0.4, 0.5) is 0 Å². The molecule has 14 heavy (non-hydrogen) atoms. The van der Waals surface area contributed by atoms with E-state index in [4.69, 9.17) is 0 Å². The van der Waals surface area contributed by atoms with Crippen LogP contribution in [-0.2, 0) is 4.79 Å². The number of hydrogen-bond acceptors (Lipinski definition) is 2. The minimum absolute atomic E-state index is 0.154. The molecule has 0 aromatic heterocycles. The van der Waals surface area contributed by atoms with Gasteiger partial charge >= 0.3 is 0 Å². The average molecular weight is 198 g/mol. The van der Waals surface area contributed by atoms with Crippen LogP contribution >= 0.6 is 0 Å². The highest BCUT2D eigenvalue weighted by molar-refractivity contribution is 5.76. The van der Waals surface area contributed by atoms with E-state index in [-0.39, 0.29) is 11.9 Å². The second-order valence-electron chi connectivity index (χ2n) is 4.44. The Morgan fingerprint density at radius 1 is 1.50 bits per heavy atom. The second kappa shape index (κ2) is 5.35. The molecule has 3 heteroatoms. The maximum absolute atomic E-state index is 11.3. The van der Waals surface area contributed by atoms with Crippen molar-refractivity contribution in [2.24, 2.45) is 5.92 Å². The Bertz CT molecular complexity index is 192. The van der Waals surface area contributed by atoms with Crippen LogP contribution in [0.3, 0.4) is 0 Å². The quantitative estimate of drug-likeness (QED) is 0.675. The zero-order valence-electron chi connectivity index (χ0n) is 9.47. The Labute approximate surface area is 86.6 Å². The van der Waals surface area contributed by atoms with Crippen LogP contribution in [0.5, 0.6) is 0 Å². The lowest BCUT2D eigenvalue weighted by Gasteiger charge is -2.08. The molecule has 1 fully saturated rings. The summed E-state index contributed by atoms with van der Waals surface area (Å²) in [5.74, 6) is 1.02. The summed E-state index contributed by atoms with van der Waals surface area (Å²) in [5.41, 5.74) is 0. The Morgan fingerprint density at radius 3 is 2.71 bits per heavy atom. The molecule has 0 aromatic carbocycles. The van der Waals surface area contributed by atoms with E-state index in [2.05, 4.69) is 17.6 Å². The lowest BCUT2D eigenvalue weighted by Crippen LogP contribution is -2.33. The van der Waals surface area contributed by atoms with Crippen LogP contribution in [0, 0.1) is 5.92 Å². The van der Waals surface area contributed by atoms with E-state index in [9.17, 15) is 4.79 Å². The number of hydrogen-bond donors (Lipinski definition) is 2. The molecule has 3 nitrogen and oxygen atoms in total. The van der Waals surface area contributed by atoms with Gasteiger partial charge in [-0.25, -0.2) is 0 Å². The first-order chi connectivity index (χ1) is 6.63. The van der Waals surface area contributed by atoms with E-state index < -0.39 is 0 Å². The summed E-state index contributed by atoms with van der Waals surface area (Å²) in [6, 6.07) is 0.943. The van der Waals surface area contributed by atoms with Crippen LogP contribution in [-0.4, -0.2) is 24.5 Å². The summed E-state index contributed by atoms with van der Waals surface area (Å²) in [6.07, 6.45) is 3.16. The molecule has 0 heterocycles. The van der Waals surface area contributed by atoms with Gasteiger partial charge in [-0.3, -0.25) is 4.79 Å². The molecular formula is C11H22N2O. The van der Waals surface area contributed by atoms with Gasteiger partial charge in [0.25, 0.3) is 0 Å². The number of carbonyl (C=O) groups is 1. The molecule has 0 saturated heterocycles. The smallest absolute Gasteiger partial charge is 0.221 e. The molecule has 2 atom stereocenters. The van der Waals surface area contributed by atoms with Crippen LogP contribution in [0.2, 0.25) is 0 Å². The minimum Gasteiger partial charge on any atom is -0.354 e. The molecule has 0 radical (unpaired) electrons. The molecule has 2 unspecified atom stereocenters. The van der Waals surface area contributed by atoms with Crippen molar-refractivity contribution in [3.05, 3.63) is 0 Å². The van der Waals surface area contributed by atoms with E-state index in [0.29, 0.717) is 12.5 Å². The van der Waals surface area contributed by atoms with E-state index in [1.54, 1.807) is 0 Å². The molecule has 1 aliphatic carbocycles. The van der Waals surface area contributed by atoms with E-state index in [1.165, 1.54) is 12.8 Å². The monoisotopic (exact) mass is 198 g/mol. The van der Waals surface area contributed by atoms with Gasteiger partial charge in [0.05, 0.1) is 0 Å². The molecule has 0 spiro atoms. The van der Waals surface area contributed by atoms with Crippen LogP contribution in [0.25, 0.3) is 0 Å². The van der Waals surface area contributed by atoms with Gasteiger partial charge in [-0.15, -0.1) is 0 Å². The first-order valence-corrected chi connectivity index (χ1v) is 5.66. The third kappa shape index (κ3) is 4.09. The van der Waals surface area contributed by atoms with E-state index >= 15 is 0 Å². The standard InChI is InChI=1S/C11H22N2O/c1-4-9-7-10(9)12-6-5-11(14)13-8(2)3/h8-10,12H,4-7H2,1-3H3,(H,13,14). The van der Waals surface area contributed by atoms with Crippen molar-refractivity contribution < 1.29 is 4.79 Å². The fourth-order valence-corrected chi connectivity index (χ4v) is 1.71. The molecule has 2 N–H and O–H groups in total. The highest BCUT2D eigenvalue weighted by Crippen LogP contribution is 2.32. The third-order valence-corrected chi connectivity index (χ3v) is 2.66. The predicted octanol–water partition coefficient (Wildman–Crippen LogP) is 1.29. The third-order valence-electron chi connectivity index (χ3n) is 2.66. The molecule has 1 rings (SSSR count). The van der Waals surface area contributed by atoms with E-state index in [1.807, 2.05) is 13.8 Å². The predicted molar refractivity (Wildman–Crippen MR) is 58.1 cm³/mol. The first-order valence-electron chi connectivity index (χ1n) is 5.66. The Kier molecular flexibility index (Phi) is 4.39. The zero-order chi connectivity index (χ0) is 10.6. The fourth-order valence-electron chi connectivity index (χ4n) is 1.71. The summed E-state index contributed by atoms with van der Waals surface area (Å²) in [7, 11) is 0. The SMILES string of the molecule is CCC1CC1NCCC(=O)NC(C)C. The summed E-state index contributed by atoms with van der Waals surface area (Å²) >= 11 is 0. The molecular weight excluding hydrogens is 176 g/mol.